The lowest BCUT2D eigenvalue weighted by Gasteiger charge is -2.32. The van der Waals surface area contributed by atoms with Crippen molar-refractivity contribution in [2.75, 3.05) is 84.4 Å². The SMILES string of the molecule is C/C(C=NCCOCCOCCOCCOCCN1CCC(Nc2cccc3c2cc(-c2ccc4sccc4c2)n3CC(F)(F)F)CC1)=N/N. The van der Waals surface area contributed by atoms with Crippen LogP contribution in [0.4, 0.5) is 18.9 Å². The molecule has 272 valence electrons. The van der Waals surface area contributed by atoms with Crippen LogP contribution in [-0.2, 0) is 25.5 Å². The van der Waals surface area contributed by atoms with Crippen LogP contribution in [0.25, 0.3) is 32.2 Å². The van der Waals surface area contributed by atoms with E-state index in [-0.39, 0.29) is 6.04 Å². The molecule has 2 aromatic heterocycles. The van der Waals surface area contributed by atoms with E-state index in [4.69, 9.17) is 24.8 Å². The second-order valence-electron chi connectivity index (χ2n) is 12.2. The van der Waals surface area contributed by atoms with E-state index < -0.39 is 12.7 Å². The third-order valence-electron chi connectivity index (χ3n) is 8.49. The fourth-order valence-corrected chi connectivity index (χ4v) is 6.72. The Balaban J connectivity index is 0.983. The molecule has 2 aromatic carbocycles. The van der Waals surface area contributed by atoms with E-state index in [1.807, 2.05) is 47.8 Å². The van der Waals surface area contributed by atoms with Gasteiger partial charge in [-0.2, -0.15) is 18.3 Å². The topological polar surface area (TPSA) is 108 Å². The first-order chi connectivity index (χ1) is 24.3. The van der Waals surface area contributed by atoms with Crippen molar-refractivity contribution in [3.63, 3.8) is 0 Å². The number of ether oxygens (including phenoxy) is 4. The summed E-state index contributed by atoms with van der Waals surface area (Å²) >= 11 is 1.62. The molecular formula is C36H47F3N6O4S. The monoisotopic (exact) mass is 716 g/mol. The molecule has 14 heteroatoms. The highest BCUT2D eigenvalue weighted by Gasteiger charge is 2.30. The van der Waals surface area contributed by atoms with Crippen LogP contribution in [0.3, 0.4) is 0 Å². The summed E-state index contributed by atoms with van der Waals surface area (Å²) < 4.78 is 66.1. The second-order valence-corrected chi connectivity index (χ2v) is 13.1. The Kier molecular flexibility index (Phi) is 14.5. The highest BCUT2D eigenvalue weighted by atomic mass is 32.1. The van der Waals surface area contributed by atoms with E-state index in [9.17, 15) is 13.2 Å². The van der Waals surface area contributed by atoms with Gasteiger partial charge in [-0.25, -0.2) is 0 Å². The molecule has 3 N–H and O–H groups in total. The van der Waals surface area contributed by atoms with Gasteiger partial charge in [0.2, 0.25) is 0 Å². The molecular weight excluding hydrogens is 669 g/mol. The van der Waals surface area contributed by atoms with Crippen molar-refractivity contribution in [1.82, 2.24) is 9.47 Å². The summed E-state index contributed by atoms with van der Waals surface area (Å²) in [6.07, 6.45) is -0.853. The van der Waals surface area contributed by atoms with E-state index in [1.54, 1.807) is 30.5 Å². The number of aromatic nitrogens is 1. The summed E-state index contributed by atoms with van der Waals surface area (Å²) in [5.74, 6) is 5.13. The summed E-state index contributed by atoms with van der Waals surface area (Å²) in [5.41, 5.74) is 3.46. The van der Waals surface area contributed by atoms with Crippen molar-refractivity contribution >= 4 is 49.9 Å². The molecule has 10 nitrogen and oxygen atoms in total. The van der Waals surface area contributed by atoms with Crippen LogP contribution in [0.1, 0.15) is 19.8 Å². The normalized spacial score (nSPS) is 15.2. The number of hydrogen-bond acceptors (Lipinski definition) is 10. The quantitative estimate of drug-likeness (QED) is 0.0470. The number of aliphatic imine (C=N–C) groups is 1. The Labute approximate surface area is 295 Å². The number of likely N-dealkylation sites (tertiary alicyclic amines) is 1. The predicted octanol–water partition coefficient (Wildman–Crippen LogP) is 6.43. The number of nitrogens with two attached hydrogens (primary N) is 1. The van der Waals surface area contributed by atoms with Crippen molar-refractivity contribution < 1.29 is 32.1 Å². The minimum atomic E-state index is -4.34. The van der Waals surface area contributed by atoms with Crippen LogP contribution in [0, 0.1) is 0 Å². The Morgan fingerprint density at radius 2 is 1.64 bits per heavy atom. The Morgan fingerprint density at radius 1 is 0.940 bits per heavy atom. The van der Waals surface area contributed by atoms with Crippen LogP contribution in [-0.4, -0.2) is 113 Å². The van der Waals surface area contributed by atoms with Gasteiger partial charge in [-0.1, -0.05) is 12.1 Å². The molecule has 0 atom stereocenters. The third-order valence-corrected chi connectivity index (χ3v) is 9.39. The Morgan fingerprint density at radius 3 is 2.34 bits per heavy atom. The van der Waals surface area contributed by atoms with Gasteiger partial charge in [0.25, 0.3) is 0 Å². The average molecular weight is 717 g/mol. The number of nitrogens with zero attached hydrogens (tertiary/aromatic N) is 4. The van der Waals surface area contributed by atoms with Crippen molar-refractivity contribution in [3.05, 3.63) is 53.9 Å². The van der Waals surface area contributed by atoms with Gasteiger partial charge in [-0.05, 0) is 72.5 Å². The summed E-state index contributed by atoms with van der Waals surface area (Å²) in [6, 6.07) is 15.6. The maximum absolute atomic E-state index is 13.8. The first-order valence-corrected chi connectivity index (χ1v) is 17.9. The smallest absolute Gasteiger partial charge is 0.382 e. The second kappa shape index (κ2) is 19.2. The van der Waals surface area contributed by atoms with Crippen LogP contribution >= 0.6 is 11.3 Å². The zero-order valence-corrected chi connectivity index (χ0v) is 29.3. The molecule has 0 radical (unpaired) electrons. The van der Waals surface area contributed by atoms with Gasteiger partial charge in [-0.15, -0.1) is 11.3 Å². The molecule has 1 fully saturated rings. The van der Waals surface area contributed by atoms with Gasteiger partial charge >= 0.3 is 6.18 Å². The number of rotatable bonds is 20. The fraction of sp³-hybridized carbons (Fsp3) is 0.500. The van der Waals surface area contributed by atoms with E-state index in [1.165, 1.54) is 4.57 Å². The Hall–Kier alpha value is -3.53. The largest absolute Gasteiger partial charge is 0.406 e. The standard InChI is InChI=1S/C36H47F3N6O4S/c1-27(43-40)25-41-10-14-46-16-18-48-20-21-49-19-17-47-15-13-44-11-7-30(8-12-44)42-32-3-2-4-33-31(32)24-34(45(33)26-36(37,38)39)28-5-6-35-29(23-28)9-22-50-35/h2-6,9,22-25,30,42H,7-8,10-21,26,40H2,1H3/b41-25?,43-27-. The third kappa shape index (κ3) is 11.5. The van der Waals surface area contributed by atoms with Crippen molar-refractivity contribution in [3.8, 4) is 11.3 Å². The number of nitrogens with one attached hydrogen (secondary N) is 1. The number of hydrazone groups is 1. The van der Waals surface area contributed by atoms with Crippen LogP contribution < -0.4 is 11.2 Å². The number of alkyl halides is 3. The summed E-state index contributed by atoms with van der Waals surface area (Å²) in [5, 5.41) is 11.0. The number of hydrogen-bond donors (Lipinski definition) is 2. The highest BCUT2D eigenvalue weighted by Crippen LogP contribution is 2.37. The van der Waals surface area contributed by atoms with Crippen LogP contribution in [0.5, 0.6) is 0 Å². The van der Waals surface area contributed by atoms with Crippen molar-refractivity contribution in [2.45, 2.75) is 38.5 Å². The van der Waals surface area contributed by atoms with Crippen LogP contribution in [0.2, 0.25) is 0 Å². The van der Waals surface area contributed by atoms with Crippen molar-refractivity contribution in [2.24, 2.45) is 15.9 Å². The lowest BCUT2D eigenvalue weighted by molar-refractivity contribution is -0.139. The number of halogens is 3. The first kappa shape index (κ1) is 37.7. The van der Waals surface area contributed by atoms with Gasteiger partial charge < -0.3 is 39.6 Å². The molecule has 0 unspecified atom stereocenters. The molecule has 0 saturated carbocycles. The molecule has 50 heavy (non-hydrogen) atoms. The molecule has 0 aliphatic carbocycles. The molecule has 4 aromatic rings. The van der Waals surface area contributed by atoms with E-state index in [0.29, 0.717) is 76.3 Å². The lowest BCUT2D eigenvalue weighted by atomic mass is 10.0. The highest BCUT2D eigenvalue weighted by molar-refractivity contribution is 7.17. The van der Waals surface area contributed by atoms with Crippen LogP contribution in [0.15, 0.2) is 64.0 Å². The summed E-state index contributed by atoms with van der Waals surface area (Å²) in [6.45, 7) is 8.14. The predicted molar refractivity (Wildman–Crippen MR) is 196 cm³/mol. The molecule has 0 spiro atoms. The summed E-state index contributed by atoms with van der Waals surface area (Å²) in [4.78, 5) is 6.53. The van der Waals surface area contributed by atoms with Gasteiger partial charge in [0.1, 0.15) is 6.54 Å². The zero-order valence-electron chi connectivity index (χ0n) is 28.5. The van der Waals surface area contributed by atoms with Gasteiger partial charge in [0, 0.05) is 53.4 Å². The zero-order chi connectivity index (χ0) is 35.2. The average Bonchev–Trinajstić information content (AvgIpc) is 3.73. The molecule has 1 aliphatic heterocycles. The van der Waals surface area contributed by atoms with Gasteiger partial charge in [-0.3, -0.25) is 4.99 Å². The number of anilines is 1. The minimum absolute atomic E-state index is 0.233. The van der Waals surface area contributed by atoms with E-state index >= 15 is 0 Å². The number of piperidine rings is 1. The fourth-order valence-electron chi connectivity index (χ4n) is 5.95. The first-order valence-electron chi connectivity index (χ1n) is 17.0. The molecule has 1 saturated heterocycles. The van der Waals surface area contributed by atoms with Gasteiger partial charge in [0.15, 0.2) is 0 Å². The van der Waals surface area contributed by atoms with E-state index in [2.05, 4.69) is 20.3 Å². The van der Waals surface area contributed by atoms with E-state index in [0.717, 1.165) is 59.2 Å². The minimum Gasteiger partial charge on any atom is -0.382 e. The Bertz CT molecular complexity index is 1680. The maximum Gasteiger partial charge on any atom is 0.406 e. The molecule has 5 rings (SSSR count). The maximum atomic E-state index is 13.8. The molecule has 0 amide bonds. The molecule has 1 aliphatic rings. The lowest BCUT2D eigenvalue weighted by Crippen LogP contribution is -2.40. The van der Waals surface area contributed by atoms with Crippen molar-refractivity contribution in [1.29, 1.82) is 0 Å². The molecule has 0 bridgehead atoms. The number of thiophene rings is 1. The van der Waals surface area contributed by atoms with Gasteiger partial charge in [0.05, 0.1) is 70.6 Å². The summed E-state index contributed by atoms with van der Waals surface area (Å²) in [7, 11) is 0. The number of fused-ring (bicyclic) bond motifs is 2. The number of benzene rings is 2. The molecule has 3 heterocycles.